The van der Waals surface area contributed by atoms with Crippen molar-refractivity contribution in [2.75, 3.05) is 6.61 Å². The summed E-state index contributed by atoms with van der Waals surface area (Å²) in [7, 11) is 0. The highest BCUT2D eigenvalue weighted by Gasteiger charge is 2.21. The molecule has 0 aliphatic heterocycles. The monoisotopic (exact) mass is 265 g/mol. The highest BCUT2D eigenvalue weighted by atomic mass is 35.5. The zero-order chi connectivity index (χ0) is 13.0. The van der Waals surface area contributed by atoms with E-state index in [-0.39, 0.29) is 0 Å². The molecule has 2 nitrogen and oxygen atoms in total. The lowest BCUT2D eigenvalue weighted by Crippen LogP contribution is -2.16. The average molecular weight is 266 g/mol. The van der Waals surface area contributed by atoms with E-state index in [1.54, 1.807) is 0 Å². The lowest BCUT2D eigenvalue weighted by molar-refractivity contribution is 0.317. The van der Waals surface area contributed by atoms with Gasteiger partial charge in [-0.25, -0.2) is 0 Å². The SMILES string of the molecule is C=C(C)CCOc1c(Cl)cccc1CNC1CC1. The molecule has 0 unspecified atom stereocenters. The second-order valence-electron chi connectivity index (χ2n) is 4.94. The quantitative estimate of drug-likeness (QED) is 0.754. The molecule has 1 aromatic carbocycles. The number of benzene rings is 1. The minimum Gasteiger partial charge on any atom is -0.491 e. The molecule has 1 N–H and O–H groups in total. The molecule has 2 rings (SSSR count). The maximum absolute atomic E-state index is 6.20. The predicted molar refractivity (Wildman–Crippen MR) is 76.2 cm³/mol. The lowest BCUT2D eigenvalue weighted by atomic mass is 10.2. The molecule has 0 radical (unpaired) electrons. The zero-order valence-corrected chi connectivity index (χ0v) is 11.6. The average Bonchev–Trinajstić information content (AvgIpc) is 3.12. The van der Waals surface area contributed by atoms with E-state index >= 15 is 0 Å². The Kier molecular flexibility index (Phi) is 4.67. The molecule has 0 atom stereocenters. The second kappa shape index (κ2) is 6.26. The highest BCUT2D eigenvalue weighted by Crippen LogP contribution is 2.30. The fraction of sp³-hybridized carbons (Fsp3) is 0.467. The normalized spacial score (nSPS) is 14.6. The Morgan fingerprint density at radius 2 is 2.28 bits per heavy atom. The van der Waals surface area contributed by atoms with E-state index in [0.29, 0.717) is 17.7 Å². The molecule has 1 fully saturated rings. The Labute approximate surface area is 114 Å². The number of hydrogen-bond acceptors (Lipinski definition) is 2. The van der Waals surface area contributed by atoms with E-state index in [2.05, 4.69) is 18.0 Å². The van der Waals surface area contributed by atoms with Crippen LogP contribution in [0.5, 0.6) is 5.75 Å². The van der Waals surface area contributed by atoms with E-state index in [9.17, 15) is 0 Å². The number of nitrogens with one attached hydrogen (secondary N) is 1. The van der Waals surface area contributed by atoms with Gasteiger partial charge in [-0.3, -0.25) is 0 Å². The van der Waals surface area contributed by atoms with Crippen molar-refractivity contribution >= 4 is 11.6 Å². The molecule has 0 amide bonds. The standard InChI is InChI=1S/C15H20ClNO/c1-11(2)8-9-18-15-12(4-3-5-14(15)16)10-17-13-6-7-13/h3-5,13,17H,1,6-10H2,2H3. The first-order valence-corrected chi connectivity index (χ1v) is 6.82. The number of hydrogen-bond donors (Lipinski definition) is 1. The van der Waals surface area contributed by atoms with Gasteiger partial charge in [0.1, 0.15) is 5.75 Å². The van der Waals surface area contributed by atoms with Crippen LogP contribution in [0.2, 0.25) is 5.02 Å². The van der Waals surface area contributed by atoms with Gasteiger partial charge < -0.3 is 10.1 Å². The van der Waals surface area contributed by atoms with Crippen LogP contribution in [0.3, 0.4) is 0 Å². The van der Waals surface area contributed by atoms with Gasteiger partial charge in [-0.1, -0.05) is 29.3 Å². The van der Waals surface area contributed by atoms with Crippen molar-refractivity contribution in [3.63, 3.8) is 0 Å². The van der Waals surface area contributed by atoms with E-state index in [1.165, 1.54) is 12.8 Å². The van der Waals surface area contributed by atoms with Crippen LogP contribution in [0.25, 0.3) is 0 Å². The third-order valence-corrected chi connectivity index (χ3v) is 3.28. The number of ether oxygens (including phenoxy) is 1. The van der Waals surface area contributed by atoms with Gasteiger partial charge in [-0.15, -0.1) is 6.58 Å². The van der Waals surface area contributed by atoms with Gasteiger partial charge in [0.25, 0.3) is 0 Å². The van der Waals surface area contributed by atoms with E-state index in [0.717, 1.165) is 29.9 Å². The molecule has 1 aliphatic carbocycles. The zero-order valence-electron chi connectivity index (χ0n) is 10.8. The fourth-order valence-corrected chi connectivity index (χ4v) is 1.97. The molecule has 98 valence electrons. The van der Waals surface area contributed by atoms with Crippen LogP contribution in [0.4, 0.5) is 0 Å². The largest absolute Gasteiger partial charge is 0.491 e. The van der Waals surface area contributed by atoms with Crippen LogP contribution >= 0.6 is 11.6 Å². The van der Waals surface area contributed by atoms with Crippen molar-refractivity contribution in [3.8, 4) is 5.75 Å². The molecule has 1 saturated carbocycles. The third-order valence-electron chi connectivity index (χ3n) is 2.98. The Morgan fingerprint density at radius 1 is 1.50 bits per heavy atom. The van der Waals surface area contributed by atoms with Gasteiger partial charge in [0, 0.05) is 24.6 Å². The van der Waals surface area contributed by atoms with Crippen LogP contribution in [0.15, 0.2) is 30.4 Å². The molecule has 0 heterocycles. The Hall–Kier alpha value is -0.990. The topological polar surface area (TPSA) is 21.3 Å². The number of rotatable bonds is 7. The second-order valence-corrected chi connectivity index (χ2v) is 5.35. The molecular formula is C15H20ClNO. The molecule has 1 aliphatic rings. The molecular weight excluding hydrogens is 246 g/mol. The summed E-state index contributed by atoms with van der Waals surface area (Å²) >= 11 is 6.20. The fourth-order valence-electron chi connectivity index (χ4n) is 1.72. The van der Waals surface area contributed by atoms with Crippen molar-refractivity contribution in [2.45, 2.75) is 38.8 Å². The van der Waals surface area contributed by atoms with Crippen LogP contribution in [-0.4, -0.2) is 12.6 Å². The van der Waals surface area contributed by atoms with Gasteiger partial charge in [0.15, 0.2) is 0 Å². The first kappa shape index (κ1) is 13.4. The lowest BCUT2D eigenvalue weighted by Gasteiger charge is -2.13. The molecule has 3 heteroatoms. The first-order chi connectivity index (χ1) is 8.66. The van der Waals surface area contributed by atoms with Crippen LogP contribution in [0, 0.1) is 0 Å². The van der Waals surface area contributed by atoms with Gasteiger partial charge in [0.05, 0.1) is 11.6 Å². The van der Waals surface area contributed by atoms with Gasteiger partial charge in [-0.05, 0) is 25.8 Å². The minimum absolute atomic E-state index is 0.634. The van der Waals surface area contributed by atoms with Crippen LogP contribution in [0.1, 0.15) is 31.7 Å². The number of halogens is 1. The summed E-state index contributed by atoms with van der Waals surface area (Å²) in [6.45, 7) is 7.34. The van der Waals surface area contributed by atoms with E-state index in [1.807, 2.05) is 19.1 Å². The van der Waals surface area contributed by atoms with Gasteiger partial charge in [-0.2, -0.15) is 0 Å². The van der Waals surface area contributed by atoms with Crippen molar-refractivity contribution in [1.82, 2.24) is 5.32 Å². The molecule has 0 saturated heterocycles. The summed E-state index contributed by atoms with van der Waals surface area (Å²) in [5.41, 5.74) is 2.26. The third kappa shape index (κ3) is 4.04. The van der Waals surface area contributed by atoms with E-state index in [4.69, 9.17) is 16.3 Å². The maximum atomic E-state index is 6.20. The number of para-hydroxylation sites is 1. The summed E-state index contributed by atoms with van der Waals surface area (Å²) in [5, 5.41) is 4.17. The van der Waals surface area contributed by atoms with Crippen molar-refractivity contribution < 1.29 is 4.74 Å². The smallest absolute Gasteiger partial charge is 0.142 e. The van der Waals surface area contributed by atoms with Gasteiger partial charge >= 0.3 is 0 Å². The molecule has 0 aromatic heterocycles. The Bertz CT molecular complexity index is 427. The molecule has 1 aromatic rings. The van der Waals surface area contributed by atoms with Crippen LogP contribution < -0.4 is 10.1 Å². The summed E-state index contributed by atoms with van der Waals surface area (Å²) in [6.07, 6.45) is 3.43. The highest BCUT2D eigenvalue weighted by molar-refractivity contribution is 6.32. The molecule has 0 bridgehead atoms. The van der Waals surface area contributed by atoms with E-state index < -0.39 is 0 Å². The summed E-state index contributed by atoms with van der Waals surface area (Å²) < 4.78 is 5.80. The van der Waals surface area contributed by atoms with Crippen molar-refractivity contribution in [2.24, 2.45) is 0 Å². The van der Waals surface area contributed by atoms with Crippen LogP contribution in [-0.2, 0) is 6.54 Å². The Balaban J connectivity index is 1.97. The summed E-state index contributed by atoms with van der Waals surface area (Å²) in [5.74, 6) is 0.813. The predicted octanol–water partition coefficient (Wildman–Crippen LogP) is 3.94. The first-order valence-electron chi connectivity index (χ1n) is 6.45. The Morgan fingerprint density at radius 3 is 2.94 bits per heavy atom. The van der Waals surface area contributed by atoms with Crippen molar-refractivity contribution in [3.05, 3.63) is 40.9 Å². The molecule has 0 spiro atoms. The van der Waals surface area contributed by atoms with Gasteiger partial charge in [0.2, 0.25) is 0 Å². The summed E-state index contributed by atoms with van der Waals surface area (Å²) in [6, 6.07) is 6.60. The minimum atomic E-state index is 0.634. The van der Waals surface area contributed by atoms with Crippen molar-refractivity contribution in [1.29, 1.82) is 0 Å². The molecule has 18 heavy (non-hydrogen) atoms. The maximum Gasteiger partial charge on any atom is 0.142 e. The summed E-state index contributed by atoms with van der Waals surface area (Å²) in [4.78, 5) is 0.